The summed E-state index contributed by atoms with van der Waals surface area (Å²) in [7, 11) is 1.84. The van der Waals surface area contributed by atoms with Gasteiger partial charge in [-0.05, 0) is 31.6 Å². The van der Waals surface area contributed by atoms with Gasteiger partial charge in [-0.2, -0.15) is 0 Å². The summed E-state index contributed by atoms with van der Waals surface area (Å²) >= 11 is 0. The molecule has 0 aliphatic carbocycles. The van der Waals surface area contributed by atoms with Gasteiger partial charge in [0.1, 0.15) is 0 Å². The molecular formula is C17H31IN4O. The molecule has 132 valence electrons. The molecule has 1 N–H and O–H groups in total. The van der Waals surface area contributed by atoms with Crippen molar-refractivity contribution < 1.29 is 4.52 Å². The highest BCUT2D eigenvalue weighted by Gasteiger charge is 2.19. The fraction of sp³-hybridized carbons (Fsp3) is 0.765. The number of rotatable bonds is 5. The second-order valence-electron chi connectivity index (χ2n) is 6.33. The van der Waals surface area contributed by atoms with Gasteiger partial charge in [0.2, 0.25) is 0 Å². The zero-order valence-electron chi connectivity index (χ0n) is 14.8. The number of halogens is 1. The fourth-order valence-electron chi connectivity index (χ4n) is 3.19. The topological polar surface area (TPSA) is 53.7 Å². The molecule has 0 amide bonds. The number of likely N-dealkylation sites (tertiary alicyclic amines) is 1. The van der Waals surface area contributed by atoms with Crippen molar-refractivity contribution in [1.82, 2.24) is 15.4 Å². The van der Waals surface area contributed by atoms with Crippen LogP contribution in [0.4, 0.5) is 0 Å². The maximum Gasteiger partial charge on any atom is 0.194 e. The first-order valence-corrected chi connectivity index (χ1v) is 8.58. The van der Waals surface area contributed by atoms with E-state index in [1.54, 1.807) is 0 Å². The Balaban J connectivity index is 0.00000264. The van der Waals surface area contributed by atoms with E-state index >= 15 is 0 Å². The Morgan fingerprint density at radius 2 is 2.22 bits per heavy atom. The summed E-state index contributed by atoms with van der Waals surface area (Å²) < 4.78 is 5.47. The van der Waals surface area contributed by atoms with E-state index in [-0.39, 0.29) is 24.0 Å². The molecule has 2 heterocycles. The molecule has 23 heavy (non-hydrogen) atoms. The van der Waals surface area contributed by atoms with Gasteiger partial charge in [0.05, 0.1) is 12.2 Å². The number of nitrogens with one attached hydrogen (secondary N) is 1. The Hall–Kier alpha value is -0.790. The third-order valence-corrected chi connectivity index (χ3v) is 4.57. The van der Waals surface area contributed by atoms with E-state index in [0.717, 1.165) is 49.3 Å². The van der Waals surface area contributed by atoms with Crippen molar-refractivity contribution in [2.24, 2.45) is 10.9 Å². The van der Waals surface area contributed by atoms with Crippen molar-refractivity contribution in [1.29, 1.82) is 0 Å². The molecule has 1 saturated heterocycles. The van der Waals surface area contributed by atoms with Crippen molar-refractivity contribution in [3.05, 3.63) is 17.5 Å². The highest BCUT2D eigenvalue weighted by molar-refractivity contribution is 14.0. The van der Waals surface area contributed by atoms with Crippen LogP contribution >= 0.6 is 24.0 Å². The Bertz CT molecular complexity index is 485. The Morgan fingerprint density at radius 3 is 2.83 bits per heavy atom. The first-order chi connectivity index (χ1) is 10.7. The summed E-state index contributed by atoms with van der Waals surface area (Å²) in [6, 6.07) is 2.08. The van der Waals surface area contributed by atoms with Gasteiger partial charge in [0.15, 0.2) is 11.7 Å². The maximum absolute atomic E-state index is 5.47. The average Bonchev–Trinajstić information content (AvgIpc) is 2.98. The zero-order chi connectivity index (χ0) is 15.9. The SMILES string of the molecule is CCC(CC)c1cc(CNC(=NC)N2CCCC(C)C2)on1.I. The standard InChI is InChI=1S/C17H30N4O.HI/c1-5-14(6-2)16-10-15(22-20-16)11-19-17(18-4)21-9-7-8-13(3)12-21;/h10,13-14H,5-9,11-12H2,1-4H3,(H,18,19);1H. The van der Waals surface area contributed by atoms with Gasteiger partial charge in [-0.3, -0.25) is 4.99 Å². The number of aromatic nitrogens is 1. The predicted molar refractivity (Wildman–Crippen MR) is 105 cm³/mol. The van der Waals surface area contributed by atoms with Gasteiger partial charge in [-0.25, -0.2) is 0 Å². The average molecular weight is 434 g/mol. The number of piperidine rings is 1. The van der Waals surface area contributed by atoms with Crippen LogP contribution in [0.2, 0.25) is 0 Å². The minimum atomic E-state index is 0. The van der Waals surface area contributed by atoms with Crippen molar-refractivity contribution in [3.8, 4) is 0 Å². The first-order valence-electron chi connectivity index (χ1n) is 8.58. The van der Waals surface area contributed by atoms with Gasteiger partial charge in [-0.1, -0.05) is 25.9 Å². The summed E-state index contributed by atoms with van der Waals surface area (Å²) in [4.78, 5) is 6.74. The Kier molecular flexibility index (Phi) is 8.94. The minimum Gasteiger partial charge on any atom is -0.359 e. The highest BCUT2D eigenvalue weighted by atomic mass is 127. The van der Waals surface area contributed by atoms with E-state index in [4.69, 9.17) is 4.52 Å². The van der Waals surface area contributed by atoms with Gasteiger partial charge in [0, 0.05) is 32.1 Å². The lowest BCUT2D eigenvalue weighted by atomic mass is 9.99. The normalized spacial score (nSPS) is 18.9. The second-order valence-corrected chi connectivity index (χ2v) is 6.33. The van der Waals surface area contributed by atoms with Crippen LogP contribution in [-0.2, 0) is 6.54 Å². The molecule has 1 atom stereocenters. The lowest BCUT2D eigenvalue weighted by molar-refractivity contribution is 0.264. The summed E-state index contributed by atoms with van der Waals surface area (Å²) in [6.07, 6.45) is 4.75. The Labute approximate surface area is 157 Å². The van der Waals surface area contributed by atoms with E-state index < -0.39 is 0 Å². The van der Waals surface area contributed by atoms with Crippen LogP contribution in [0.5, 0.6) is 0 Å². The van der Waals surface area contributed by atoms with Crippen molar-refractivity contribution in [2.75, 3.05) is 20.1 Å². The van der Waals surface area contributed by atoms with Crippen LogP contribution in [-0.4, -0.2) is 36.2 Å². The van der Waals surface area contributed by atoms with Crippen molar-refractivity contribution >= 4 is 29.9 Å². The van der Waals surface area contributed by atoms with E-state index in [0.29, 0.717) is 12.5 Å². The van der Waals surface area contributed by atoms with Crippen LogP contribution in [0, 0.1) is 5.92 Å². The zero-order valence-corrected chi connectivity index (χ0v) is 17.2. The van der Waals surface area contributed by atoms with E-state index in [1.165, 1.54) is 12.8 Å². The maximum atomic E-state index is 5.47. The molecule has 0 bridgehead atoms. The number of aliphatic imine (C=N–C) groups is 1. The van der Waals surface area contributed by atoms with E-state index in [2.05, 4.69) is 47.2 Å². The predicted octanol–water partition coefficient (Wildman–Crippen LogP) is 4.00. The number of nitrogens with zero attached hydrogens (tertiary/aromatic N) is 3. The van der Waals surface area contributed by atoms with Crippen molar-refractivity contribution in [3.63, 3.8) is 0 Å². The molecule has 1 aliphatic rings. The molecule has 0 saturated carbocycles. The molecule has 1 unspecified atom stereocenters. The third-order valence-electron chi connectivity index (χ3n) is 4.57. The number of hydrogen-bond donors (Lipinski definition) is 1. The monoisotopic (exact) mass is 434 g/mol. The molecule has 1 aliphatic heterocycles. The van der Waals surface area contributed by atoms with Crippen molar-refractivity contribution in [2.45, 2.75) is 58.9 Å². The Morgan fingerprint density at radius 1 is 1.48 bits per heavy atom. The molecule has 0 aromatic carbocycles. The first kappa shape index (κ1) is 20.3. The summed E-state index contributed by atoms with van der Waals surface area (Å²) in [5.74, 6) is 3.08. The molecule has 0 radical (unpaired) electrons. The van der Waals surface area contributed by atoms with Gasteiger partial charge in [0.25, 0.3) is 0 Å². The van der Waals surface area contributed by atoms with Crippen LogP contribution in [0.25, 0.3) is 0 Å². The molecular weight excluding hydrogens is 403 g/mol. The van der Waals surface area contributed by atoms with Crippen LogP contribution < -0.4 is 5.32 Å². The van der Waals surface area contributed by atoms with Gasteiger partial charge in [-0.15, -0.1) is 24.0 Å². The fourth-order valence-corrected chi connectivity index (χ4v) is 3.19. The summed E-state index contributed by atoms with van der Waals surface area (Å²) in [5.41, 5.74) is 1.07. The third kappa shape index (κ3) is 5.65. The van der Waals surface area contributed by atoms with E-state index in [1.807, 2.05) is 7.05 Å². The molecule has 2 rings (SSSR count). The molecule has 1 aromatic heterocycles. The molecule has 1 fully saturated rings. The lowest BCUT2D eigenvalue weighted by Gasteiger charge is -2.33. The number of guanidine groups is 1. The summed E-state index contributed by atoms with van der Waals surface area (Å²) in [6.45, 7) is 9.50. The minimum absolute atomic E-state index is 0. The molecule has 1 aromatic rings. The van der Waals surface area contributed by atoms with E-state index in [9.17, 15) is 0 Å². The second kappa shape index (κ2) is 10.2. The van der Waals surface area contributed by atoms with Crippen LogP contribution in [0.1, 0.15) is 63.8 Å². The molecule has 0 spiro atoms. The highest BCUT2D eigenvalue weighted by Crippen LogP contribution is 2.22. The molecule has 6 heteroatoms. The smallest absolute Gasteiger partial charge is 0.194 e. The number of hydrogen-bond acceptors (Lipinski definition) is 3. The van der Waals surface area contributed by atoms with Gasteiger partial charge >= 0.3 is 0 Å². The molecule has 5 nitrogen and oxygen atoms in total. The lowest BCUT2D eigenvalue weighted by Crippen LogP contribution is -2.45. The van der Waals surface area contributed by atoms with Gasteiger partial charge < -0.3 is 14.7 Å². The summed E-state index contributed by atoms with van der Waals surface area (Å²) in [5, 5.41) is 7.62. The van der Waals surface area contributed by atoms with Crippen LogP contribution in [0.3, 0.4) is 0 Å². The quantitative estimate of drug-likeness (QED) is 0.433. The van der Waals surface area contributed by atoms with Crippen LogP contribution in [0.15, 0.2) is 15.6 Å². The largest absolute Gasteiger partial charge is 0.359 e.